The van der Waals surface area contributed by atoms with Crippen LogP contribution in [0.2, 0.25) is 5.15 Å². The van der Waals surface area contributed by atoms with Crippen LogP contribution in [0.1, 0.15) is 6.92 Å². The number of fused-ring (bicyclic) bond motifs is 1. The number of aromatic nitrogens is 2. The highest BCUT2D eigenvalue weighted by Gasteiger charge is 2.02. The van der Waals surface area contributed by atoms with Gasteiger partial charge in [-0.1, -0.05) is 11.6 Å². The van der Waals surface area contributed by atoms with Gasteiger partial charge in [0.15, 0.2) is 0 Å². The largest absolute Gasteiger partial charge is 0.315 e. The summed E-state index contributed by atoms with van der Waals surface area (Å²) in [7, 11) is 0. The zero-order valence-electron chi connectivity index (χ0n) is 7.70. The summed E-state index contributed by atoms with van der Waals surface area (Å²) in [5, 5.41) is 1.02. The molecule has 0 amide bonds. The predicted octanol–water partition coefficient (Wildman–Crippen LogP) is 2.07. The van der Waals surface area contributed by atoms with Crippen molar-refractivity contribution >= 4 is 22.5 Å². The fraction of sp³-hybridized carbons (Fsp3) is 0.200. The fourth-order valence-corrected chi connectivity index (χ4v) is 1.54. The summed E-state index contributed by atoms with van der Waals surface area (Å²) in [6, 6.07) is 5.14. The van der Waals surface area contributed by atoms with E-state index >= 15 is 0 Å². The van der Waals surface area contributed by atoms with Crippen LogP contribution in [0, 0.1) is 0 Å². The molecule has 0 saturated carbocycles. The third-order valence-corrected chi connectivity index (χ3v) is 2.35. The topological polar surface area (TPSA) is 34.9 Å². The number of aryl methyl sites for hydroxylation is 1. The Labute approximate surface area is 86.0 Å². The summed E-state index contributed by atoms with van der Waals surface area (Å²) >= 11 is 5.72. The van der Waals surface area contributed by atoms with Gasteiger partial charge in [0.25, 0.3) is 5.56 Å². The molecule has 0 bridgehead atoms. The van der Waals surface area contributed by atoms with Crippen molar-refractivity contribution in [2.75, 3.05) is 0 Å². The maximum atomic E-state index is 11.8. The summed E-state index contributed by atoms with van der Waals surface area (Å²) in [4.78, 5) is 15.8. The average molecular weight is 209 g/mol. The van der Waals surface area contributed by atoms with Crippen molar-refractivity contribution in [1.82, 2.24) is 9.55 Å². The standard InChI is InChI=1S/C10H9ClN2O/c1-2-13-6-5-8-7(10(13)14)3-4-9(11)12-8/h3-6H,2H2,1H3. The average Bonchev–Trinajstić information content (AvgIpc) is 2.18. The van der Waals surface area contributed by atoms with Gasteiger partial charge < -0.3 is 4.57 Å². The molecule has 0 radical (unpaired) electrons. The minimum Gasteiger partial charge on any atom is -0.315 e. The first-order valence-corrected chi connectivity index (χ1v) is 4.76. The van der Waals surface area contributed by atoms with Crippen molar-refractivity contribution in [3.8, 4) is 0 Å². The molecule has 0 unspecified atom stereocenters. The van der Waals surface area contributed by atoms with E-state index in [1.54, 1.807) is 29.0 Å². The van der Waals surface area contributed by atoms with Crippen LogP contribution in [0.5, 0.6) is 0 Å². The van der Waals surface area contributed by atoms with Gasteiger partial charge in [-0.15, -0.1) is 0 Å². The Kier molecular flexibility index (Phi) is 2.25. The van der Waals surface area contributed by atoms with Crippen LogP contribution in [0.3, 0.4) is 0 Å². The maximum absolute atomic E-state index is 11.8. The molecule has 0 atom stereocenters. The second kappa shape index (κ2) is 3.42. The van der Waals surface area contributed by atoms with Gasteiger partial charge in [0, 0.05) is 12.7 Å². The predicted molar refractivity (Wildman–Crippen MR) is 56.7 cm³/mol. The van der Waals surface area contributed by atoms with E-state index < -0.39 is 0 Å². The van der Waals surface area contributed by atoms with Gasteiger partial charge in [-0.2, -0.15) is 0 Å². The van der Waals surface area contributed by atoms with E-state index in [4.69, 9.17) is 11.6 Å². The summed E-state index contributed by atoms with van der Waals surface area (Å²) in [5.74, 6) is 0. The molecule has 0 saturated heterocycles. The molecule has 2 rings (SSSR count). The van der Waals surface area contributed by atoms with Gasteiger partial charge in [0.05, 0.1) is 10.9 Å². The van der Waals surface area contributed by atoms with Gasteiger partial charge in [-0.05, 0) is 25.1 Å². The Balaban J connectivity index is 2.84. The molecule has 2 heterocycles. The Morgan fingerprint density at radius 3 is 2.93 bits per heavy atom. The zero-order valence-corrected chi connectivity index (χ0v) is 8.45. The third-order valence-electron chi connectivity index (χ3n) is 2.14. The molecule has 0 N–H and O–H groups in total. The highest BCUT2D eigenvalue weighted by atomic mass is 35.5. The SMILES string of the molecule is CCn1ccc2nc(Cl)ccc2c1=O. The highest BCUT2D eigenvalue weighted by molar-refractivity contribution is 6.29. The summed E-state index contributed by atoms with van der Waals surface area (Å²) in [6.45, 7) is 2.59. The van der Waals surface area contributed by atoms with Crippen LogP contribution >= 0.6 is 11.6 Å². The van der Waals surface area contributed by atoms with Crippen LogP contribution in [0.4, 0.5) is 0 Å². The quantitative estimate of drug-likeness (QED) is 0.673. The molecule has 0 fully saturated rings. The number of hydrogen-bond donors (Lipinski definition) is 0. The van der Waals surface area contributed by atoms with E-state index in [0.29, 0.717) is 22.6 Å². The number of halogens is 1. The van der Waals surface area contributed by atoms with Gasteiger partial charge in [-0.3, -0.25) is 4.79 Å². The normalized spacial score (nSPS) is 10.7. The van der Waals surface area contributed by atoms with E-state index in [9.17, 15) is 4.79 Å². The van der Waals surface area contributed by atoms with E-state index in [1.807, 2.05) is 6.92 Å². The maximum Gasteiger partial charge on any atom is 0.259 e. The highest BCUT2D eigenvalue weighted by Crippen LogP contribution is 2.11. The smallest absolute Gasteiger partial charge is 0.259 e. The summed E-state index contributed by atoms with van der Waals surface area (Å²) < 4.78 is 1.64. The van der Waals surface area contributed by atoms with E-state index in [-0.39, 0.29) is 5.56 Å². The van der Waals surface area contributed by atoms with Gasteiger partial charge >= 0.3 is 0 Å². The Bertz CT molecular complexity index is 533. The minimum absolute atomic E-state index is 0.0193. The van der Waals surface area contributed by atoms with Crippen molar-refractivity contribution in [1.29, 1.82) is 0 Å². The fourth-order valence-electron chi connectivity index (χ4n) is 1.39. The lowest BCUT2D eigenvalue weighted by molar-refractivity contribution is 0.734. The van der Waals surface area contributed by atoms with Gasteiger partial charge in [-0.25, -0.2) is 4.98 Å². The van der Waals surface area contributed by atoms with E-state index in [1.165, 1.54) is 0 Å². The Morgan fingerprint density at radius 1 is 1.43 bits per heavy atom. The van der Waals surface area contributed by atoms with Crippen molar-refractivity contribution in [2.45, 2.75) is 13.5 Å². The number of rotatable bonds is 1. The van der Waals surface area contributed by atoms with Crippen molar-refractivity contribution in [2.24, 2.45) is 0 Å². The number of pyridine rings is 2. The first-order valence-electron chi connectivity index (χ1n) is 4.38. The van der Waals surface area contributed by atoms with Crippen molar-refractivity contribution in [3.63, 3.8) is 0 Å². The molecule has 72 valence electrons. The van der Waals surface area contributed by atoms with Crippen LogP contribution in [-0.4, -0.2) is 9.55 Å². The first kappa shape index (κ1) is 9.21. The second-order valence-electron chi connectivity index (χ2n) is 2.97. The molecule has 0 aliphatic heterocycles. The lowest BCUT2D eigenvalue weighted by Gasteiger charge is -2.02. The monoisotopic (exact) mass is 208 g/mol. The molecule has 2 aromatic heterocycles. The molecule has 4 heteroatoms. The Morgan fingerprint density at radius 2 is 2.21 bits per heavy atom. The Hall–Kier alpha value is -1.35. The van der Waals surface area contributed by atoms with Gasteiger partial charge in [0.1, 0.15) is 5.15 Å². The van der Waals surface area contributed by atoms with E-state index in [0.717, 1.165) is 0 Å². The van der Waals surface area contributed by atoms with Crippen LogP contribution in [-0.2, 0) is 6.54 Å². The lowest BCUT2D eigenvalue weighted by atomic mass is 10.2. The summed E-state index contributed by atoms with van der Waals surface area (Å²) in [5.41, 5.74) is 0.626. The third kappa shape index (κ3) is 1.40. The minimum atomic E-state index is -0.0193. The molecular formula is C10H9ClN2O. The van der Waals surface area contributed by atoms with Crippen LogP contribution in [0.25, 0.3) is 10.9 Å². The molecule has 2 aromatic rings. The molecule has 0 aliphatic carbocycles. The molecule has 0 spiro atoms. The molecular weight excluding hydrogens is 200 g/mol. The summed E-state index contributed by atoms with van der Waals surface area (Å²) in [6.07, 6.45) is 1.73. The number of hydrogen-bond acceptors (Lipinski definition) is 2. The molecule has 14 heavy (non-hydrogen) atoms. The first-order chi connectivity index (χ1) is 6.72. The van der Waals surface area contributed by atoms with Crippen molar-refractivity contribution in [3.05, 3.63) is 39.9 Å². The number of nitrogens with zero attached hydrogens (tertiary/aromatic N) is 2. The molecule has 0 aliphatic rings. The van der Waals surface area contributed by atoms with E-state index in [2.05, 4.69) is 4.98 Å². The molecule has 3 nitrogen and oxygen atoms in total. The van der Waals surface area contributed by atoms with Crippen LogP contribution < -0.4 is 5.56 Å². The van der Waals surface area contributed by atoms with Crippen molar-refractivity contribution < 1.29 is 0 Å². The second-order valence-corrected chi connectivity index (χ2v) is 3.36. The lowest BCUT2D eigenvalue weighted by Crippen LogP contribution is -2.18. The zero-order chi connectivity index (χ0) is 10.1. The van der Waals surface area contributed by atoms with Gasteiger partial charge in [0.2, 0.25) is 0 Å². The van der Waals surface area contributed by atoms with Crippen LogP contribution in [0.15, 0.2) is 29.2 Å². The molecule has 0 aromatic carbocycles.